The monoisotopic (exact) mass is 388 g/mol. The number of hydrogen-bond donors (Lipinski definition) is 0. The number of ether oxygens (including phenoxy) is 1. The molecule has 0 spiro atoms. The normalized spacial score (nSPS) is 12.4. The highest BCUT2D eigenvalue weighted by molar-refractivity contribution is 9.10. The van der Waals surface area contributed by atoms with Gasteiger partial charge in [-0.05, 0) is 30.7 Å². The van der Waals surface area contributed by atoms with Gasteiger partial charge in [0.05, 0.1) is 11.9 Å². The van der Waals surface area contributed by atoms with E-state index < -0.39 is 0 Å². The quantitative estimate of drug-likeness (QED) is 0.621. The lowest BCUT2D eigenvalue weighted by Gasteiger charge is -2.13. The van der Waals surface area contributed by atoms with Crippen LogP contribution in [0.1, 0.15) is 27.1 Å². The van der Waals surface area contributed by atoms with Crippen LogP contribution in [0.25, 0.3) is 0 Å². The highest BCUT2D eigenvalue weighted by atomic mass is 79.9. The fraction of sp³-hybridized carbons (Fsp3) is 0.286. The molecule has 0 aliphatic heterocycles. The van der Waals surface area contributed by atoms with Crippen molar-refractivity contribution in [2.75, 3.05) is 7.11 Å². The maximum Gasteiger partial charge on any atom is 0.124 e. The van der Waals surface area contributed by atoms with Crippen molar-refractivity contribution >= 4 is 43.2 Å². The largest absolute Gasteiger partial charge is 0.496 e. The standard InChI is InChI=1S/C14H14Br2OS/c1-3-10-5-7-13(18-10)14(16)11-6-4-9(15)8-12(11)17-2/h4-8,14H,3H2,1-2H3. The minimum Gasteiger partial charge on any atom is -0.496 e. The molecular weight excluding hydrogens is 376 g/mol. The van der Waals surface area contributed by atoms with Crippen molar-refractivity contribution in [3.05, 3.63) is 50.1 Å². The van der Waals surface area contributed by atoms with E-state index in [1.165, 1.54) is 9.75 Å². The third-order valence-electron chi connectivity index (χ3n) is 2.75. The number of methoxy groups -OCH3 is 1. The van der Waals surface area contributed by atoms with Crippen LogP contribution in [0, 0.1) is 0 Å². The SMILES string of the molecule is CCc1ccc(C(Br)c2ccc(Br)cc2OC)s1. The van der Waals surface area contributed by atoms with E-state index in [2.05, 4.69) is 57.0 Å². The molecule has 0 aliphatic carbocycles. The van der Waals surface area contributed by atoms with Crippen LogP contribution in [0.3, 0.4) is 0 Å². The van der Waals surface area contributed by atoms with Gasteiger partial charge in [-0.15, -0.1) is 11.3 Å². The van der Waals surface area contributed by atoms with E-state index in [1.54, 1.807) is 7.11 Å². The number of hydrogen-bond acceptors (Lipinski definition) is 2. The van der Waals surface area contributed by atoms with Crippen LogP contribution in [-0.2, 0) is 6.42 Å². The maximum absolute atomic E-state index is 5.45. The van der Waals surface area contributed by atoms with Crippen LogP contribution < -0.4 is 4.74 Å². The summed E-state index contributed by atoms with van der Waals surface area (Å²) in [7, 11) is 1.71. The second-order valence-electron chi connectivity index (χ2n) is 3.91. The molecule has 1 aromatic carbocycles. The van der Waals surface area contributed by atoms with Gasteiger partial charge in [0.25, 0.3) is 0 Å². The van der Waals surface area contributed by atoms with E-state index in [-0.39, 0.29) is 4.83 Å². The third kappa shape index (κ3) is 2.98. The number of aryl methyl sites for hydroxylation is 1. The Kier molecular flexibility index (Phi) is 4.87. The fourth-order valence-electron chi connectivity index (χ4n) is 1.77. The summed E-state index contributed by atoms with van der Waals surface area (Å²) < 4.78 is 6.48. The Hall–Kier alpha value is -0.320. The molecule has 2 aromatic rings. The van der Waals surface area contributed by atoms with Crippen molar-refractivity contribution in [2.45, 2.75) is 18.2 Å². The molecule has 0 aliphatic rings. The van der Waals surface area contributed by atoms with E-state index in [9.17, 15) is 0 Å². The average molecular weight is 390 g/mol. The van der Waals surface area contributed by atoms with Crippen molar-refractivity contribution in [1.82, 2.24) is 0 Å². The van der Waals surface area contributed by atoms with Gasteiger partial charge in [-0.1, -0.05) is 44.8 Å². The molecule has 0 amide bonds. The molecule has 1 aromatic heterocycles. The molecule has 1 unspecified atom stereocenters. The van der Waals surface area contributed by atoms with Gasteiger partial charge in [0.2, 0.25) is 0 Å². The minimum absolute atomic E-state index is 0.186. The zero-order chi connectivity index (χ0) is 13.1. The van der Waals surface area contributed by atoms with Crippen LogP contribution >= 0.6 is 43.2 Å². The molecule has 4 heteroatoms. The van der Waals surface area contributed by atoms with Gasteiger partial charge < -0.3 is 4.74 Å². The zero-order valence-corrected chi connectivity index (χ0v) is 14.2. The lowest BCUT2D eigenvalue weighted by atomic mass is 10.1. The molecule has 0 saturated carbocycles. The highest BCUT2D eigenvalue weighted by Crippen LogP contribution is 2.40. The van der Waals surface area contributed by atoms with E-state index in [0.717, 1.165) is 22.2 Å². The summed E-state index contributed by atoms with van der Waals surface area (Å²) in [6.07, 6.45) is 1.09. The molecule has 0 bridgehead atoms. The summed E-state index contributed by atoms with van der Waals surface area (Å²) in [4.78, 5) is 2.91. The Morgan fingerprint density at radius 2 is 2.06 bits per heavy atom. The van der Waals surface area contributed by atoms with Crippen LogP contribution in [0.15, 0.2) is 34.8 Å². The molecule has 1 heterocycles. The molecule has 0 radical (unpaired) electrons. The van der Waals surface area contributed by atoms with E-state index >= 15 is 0 Å². The van der Waals surface area contributed by atoms with E-state index in [4.69, 9.17) is 4.74 Å². The lowest BCUT2D eigenvalue weighted by Crippen LogP contribution is -1.95. The summed E-state index contributed by atoms with van der Waals surface area (Å²) in [5.41, 5.74) is 1.16. The molecule has 96 valence electrons. The first-order valence-corrected chi connectivity index (χ1v) is 8.24. The Balaban J connectivity index is 2.35. The molecule has 0 fully saturated rings. The Labute approximate surface area is 128 Å². The number of halogens is 2. The number of rotatable bonds is 4. The predicted molar refractivity (Wildman–Crippen MR) is 85.2 cm³/mol. The first kappa shape index (κ1) is 14.1. The summed E-state index contributed by atoms with van der Waals surface area (Å²) in [5.74, 6) is 0.901. The Bertz CT molecular complexity index is 536. The molecule has 1 nitrogen and oxygen atoms in total. The number of alkyl halides is 1. The Morgan fingerprint density at radius 1 is 1.28 bits per heavy atom. The summed E-state index contributed by atoms with van der Waals surface area (Å²) in [6, 6.07) is 10.5. The third-order valence-corrected chi connectivity index (χ3v) is 5.83. The van der Waals surface area contributed by atoms with Crippen molar-refractivity contribution in [3.8, 4) is 5.75 Å². The first-order chi connectivity index (χ1) is 8.65. The van der Waals surface area contributed by atoms with Gasteiger partial charge in [0.15, 0.2) is 0 Å². The first-order valence-electron chi connectivity index (χ1n) is 5.71. The molecule has 2 rings (SSSR count). The second-order valence-corrected chi connectivity index (χ2v) is 6.94. The van der Waals surface area contributed by atoms with Gasteiger partial charge in [0, 0.05) is 19.8 Å². The van der Waals surface area contributed by atoms with Gasteiger partial charge >= 0.3 is 0 Å². The zero-order valence-electron chi connectivity index (χ0n) is 10.2. The average Bonchev–Trinajstić information content (AvgIpc) is 2.86. The van der Waals surface area contributed by atoms with Gasteiger partial charge in [0.1, 0.15) is 5.75 Å². The number of thiophene rings is 1. The summed E-state index contributed by atoms with van der Waals surface area (Å²) >= 11 is 9.08. The molecular formula is C14H14Br2OS. The van der Waals surface area contributed by atoms with Gasteiger partial charge in [-0.25, -0.2) is 0 Å². The van der Waals surface area contributed by atoms with Gasteiger partial charge in [-0.3, -0.25) is 0 Å². The topological polar surface area (TPSA) is 9.23 Å². The van der Waals surface area contributed by atoms with E-state index in [0.29, 0.717) is 0 Å². The lowest BCUT2D eigenvalue weighted by molar-refractivity contribution is 0.410. The molecule has 0 saturated heterocycles. The molecule has 18 heavy (non-hydrogen) atoms. The van der Waals surface area contributed by atoms with Crippen molar-refractivity contribution < 1.29 is 4.74 Å². The highest BCUT2D eigenvalue weighted by Gasteiger charge is 2.17. The number of benzene rings is 1. The summed E-state index contributed by atoms with van der Waals surface area (Å²) in [6.45, 7) is 2.18. The van der Waals surface area contributed by atoms with Crippen LogP contribution in [0.2, 0.25) is 0 Å². The van der Waals surface area contributed by atoms with Gasteiger partial charge in [-0.2, -0.15) is 0 Å². The molecule has 0 N–H and O–H groups in total. The molecule has 1 atom stereocenters. The van der Waals surface area contributed by atoms with Crippen molar-refractivity contribution in [2.24, 2.45) is 0 Å². The van der Waals surface area contributed by atoms with Crippen LogP contribution in [0.5, 0.6) is 5.75 Å². The smallest absolute Gasteiger partial charge is 0.124 e. The predicted octanol–water partition coefficient (Wildman–Crippen LogP) is 5.57. The second kappa shape index (κ2) is 6.22. The van der Waals surface area contributed by atoms with Crippen LogP contribution in [-0.4, -0.2) is 7.11 Å². The fourth-order valence-corrected chi connectivity index (χ4v) is 3.87. The van der Waals surface area contributed by atoms with E-state index in [1.807, 2.05) is 23.5 Å². The van der Waals surface area contributed by atoms with Crippen molar-refractivity contribution in [3.63, 3.8) is 0 Å². The van der Waals surface area contributed by atoms with Crippen molar-refractivity contribution in [1.29, 1.82) is 0 Å². The Morgan fingerprint density at radius 3 is 2.67 bits per heavy atom. The summed E-state index contributed by atoms with van der Waals surface area (Å²) in [5, 5.41) is 0. The maximum atomic E-state index is 5.45. The minimum atomic E-state index is 0.186. The van der Waals surface area contributed by atoms with Crippen LogP contribution in [0.4, 0.5) is 0 Å².